The van der Waals surface area contributed by atoms with E-state index in [2.05, 4.69) is 10.9 Å². The Morgan fingerprint density at radius 2 is 2.00 bits per heavy atom. The van der Waals surface area contributed by atoms with E-state index in [0.717, 1.165) is 11.5 Å². The van der Waals surface area contributed by atoms with Crippen LogP contribution in [-0.2, 0) is 14.4 Å². The van der Waals surface area contributed by atoms with Gasteiger partial charge in [0, 0.05) is 14.1 Å². The molecule has 0 heterocycles. The molecular formula is C7H15NO3S. The lowest BCUT2D eigenvalue weighted by atomic mass is 10.3. The number of hydroxylamine groups is 2. The largest absolute Gasteiger partial charge is 0.308 e. The van der Waals surface area contributed by atoms with Crippen LogP contribution < -0.4 is 0 Å². The first kappa shape index (κ1) is 11.6. The SMILES string of the molecule is C=C(CCC)S(=O)(=O)ON(C)C. The summed E-state index contributed by atoms with van der Waals surface area (Å²) in [7, 11) is -0.569. The van der Waals surface area contributed by atoms with Gasteiger partial charge >= 0.3 is 10.1 Å². The zero-order chi connectivity index (χ0) is 9.78. The maximum atomic E-state index is 11.2. The maximum absolute atomic E-state index is 11.2. The zero-order valence-corrected chi connectivity index (χ0v) is 8.52. The van der Waals surface area contributed by atoms with Gasteiger partial charge in [-0.05, 0) is 6.42 Å². The second-order valence-corrected chi connectivity index (χ2v) is 4.26. The molecule has 0 aliphatic heterocycles. The van der Waals surface area contributed by atoms with E-state index in [-0.39, 0.29) is 4.91 Å². The van der Waals surface area contributed by atoms with Crippen LogP contribution in [0.15, 0.2) is 11.5 Å². The molecule has 0 radical (unpaired) electrons. The molecule has 0 aliphatic rings. The molecule has 0 N–H and O–H groups in total. The fourth-order valence-electron chi connectivity index (χ4n) is 0.653. The highest BCUT2D eigenvalue weighted by Crippen LogP contribution is 2.12. The van der Waals surface area contributed by atoms with Gasteiger partial charge in [-0.15, -0.1) is 0 Å². The van der Waals surface area contributed by atoms with Crippen LogP contribution >= 0.6 is 0 Å². The normalized spacial score (nSPS) is 12.0. The third-order valence-electron chi connectivity index (χ3n) is 1.13. The first-order chi connectivity index (χ1) is 5.40. The van der Waals surface area contributed by atoms with Crippen LogP contribution in [-0.4, -0.2) is 27.6 Å². The standard InChI is InChI=1S/C7H15NO3S/c1-5-6-7(2)12(9,10)11-8(3)4/h2,5-6H2,1,3-4H3. The predicted molar refractivity (Wildman–Crippen MR) is 47.7 cm³/mol. The Morgan fingerprint density at radius 1 is 1.50 bits per heavy atom. The number of hydrogen-bond acceptors (Lipinski definition) is 4. The first-order valence-corrected chi connectivity index (χ1v) is 5.10. The summed E-state index contributed by atoms with van der Waals surface area (Å²) in [4.78, 5) is 0.124. The molecule has 5 heteroatoms. The Kier molecular flexibility index (Phi) is 4.44. The molecular weight excluding hydrogens is 178 g/mol. The van der Waals surface area contributed by atoms with Crippen molar-refractivity contribution in [2.75, 3.05) is 14.1 Å². The van der Waals surface area contributed by atoms with E-state index in [4.69, 9.17) is 0 Å². The number of rotatable bonds is 5. The zero-order valence-electron chi connectivity index (χ0n) is 7.70. The average Bonchev–Trinajstić information content (AvgIpc) is 1.85. The number of hydrogen-bond donors (Lipinski definition) is 0. The lowest BCUT2D eigenvalue weighted by Crippen LogP contribution is -2.19. The molecule has 0 bridgehead atoms. The molecule has 12 heavy (non-hydrogen) atoms. The fourth-order valence-corrected chi connectivity index (χ4v) is 1.60. The van der Waals surface area contributed by atoms with Crippen LogP contribution in [0.3, 0.4) is 0 Å². The number of nitrogens with zero attached hydrogens (tertiary/aromatic N) is 1. The Hall–Kier alpha value is -0.390. The van der Waals surface area contributed by atoms with Crippen LogP contribution in [0, 0.1) is 0 Å². The van der Waals surface area contributed by atoms with Crippen LogP contribution in [0.5, 0.6) is 0 Å². The van der Waals surface area contributed by atoms with E-state index in [1.165, 1.54) is 14.1 Å². The van der Waals surface area contributed by atoms with Gasteiger partial charge in [0.1, 0.15) is 0 Å². The average molecular weight is 193 g/mol. The summed E-state index contributed by atoms with van der Waals surface area (Å²) >= 11 is 0. The minimum atomic E-state index is -3.59. The van der Waals surface area contributed by atoms with Gasteiger partial charge < -0.3 is 0 Å². The van der Waals surface area contributed by atoms with E-state index < -0.39 is 10.1 Å². The van der Waals surface area contributed by atoms with Crippen molar-refractivity contribution in [3.8, 4) is 0 Å². The second kappa shape index (κ2) is 4.59. The van der Waals surface area contributed by atoms with Crippen molar-refractivity contribution in [2.24, 2.45) is 0 Å². The van der Waals surface area contributed by atoms with Gasteiger partial charge in [-0.3, -0.25) is 0 Å². The van der Waals surface area contributed by atoms with Crippen molar-refractivity contribution in [2.45, 2.75) is 19.8 Å². The topological polar surface area (TPSA) is 46.6 Å². The van der Waals surface area contributed by atoms with Crippen molar-refractivity contribution in [3.63, 3.8) is 0 Å². The van der Waals surface area contributed by atoms with E-state index in [1.54, 1.807) is 0 Å². The van der Waals surface area contributed by atoms with Crippen LogP contribution in [0.2, 0.25) is 0 Å². The summed E-state index contributed by atoms with van der Waals surface area (Å²) < 4.78 is 26.9. The maximum Gasteiger partial charge on any atom is 0.308 e. The van der Waals surface area contributed by atoms with Gasteiger partial charge in [0.25, 0.3) is 0 Å². The van der Waals surface area contributed by atoms with Gasteiger partial charge in [0.2, 0.25) is 0 Å². The van der Waals surface area contributed by atoms with Gasteiger partial charge in [-0.25, -0.2) is 0 Å². The molecule has 0 aromatic heterocycles. The van der Waals surface area contributed by atoms with Crippen LogP contribution in [0.1, 0.15) is 19.8 Å². The van der Waals surface area contributed by atoms with Crippen molar-refractivity contribution in [3.05, 3.63) is 11.5 Å². The first-order valence-electron chi connectivity index (χ1n) is 3.70. The van der Waals surface area contributed by atoms with E-state index >= 15 is 0 Å². The van der Waals surface area contributed by atoms with Gasteiger partial charge in [-0.2, -0.15) is 17.8 Å². The summed E-state index contributed by atoms with van der Waals surface area (Å²) in [5.74, 6) is 0. The summed E-state index contributed by atoms with van der Waals surface area (Å²) in [5, 5.41) is 1.14. The van der Waals surface area contributed by atoms with Gasteiger partial charge in [0.05, 0.1) is 4.91 Å². The third kappa shape index (κ3) is 3.85. The molecule has 0 atom stereocenters. The highest BCUT2D eigenvalue weighted by molar-refractivity contribution is 7.90. The van der Waals surface area contributed by atoms with Gasteiger partial charge in [-0.1, -0.05) is 19.9 Å². The quantitative estimate of drug-likeness (QED) is 0.614. The molecule has 0 spiro atoms. The lowest BCUT2D eigenvalue weighted by Gasteiger charge is -2.11. The van der Waals surface area contributed by atoms with Crippen LogP contribution in [0.25, 0.3) is 0 Å². The highest BCUT2D eigenvalue weighted by atomic mass is 32.2. The Morgan fingerprint density at radius 3 is 2.33 bits per heavy atom. The lowest BCUT2D eigenvalue weighted by molar-refractivity contribution is 0.00656. The molecule has 0 saturated carbocycles. The van der Waals surface area contributed by atoms with Crippen LogP contribution in [0.4, 0.5) is 0 Å². The molecule has 0 amide bonds. The van der Waals surface area contributed by atoms with Gasteiger partial charge in [0.15, 0.2) is 0 Å². The molecule has 0 aromatic carbocycles. The summed E-state index contributed by atoms with van der Waals surface area (Å²) in [6, 6.07) is 0. The van der Waals surface area contributed by atoms with E-state index in [9.17, 15) is 8.42 Å². The predicted octanol–water partition coefficient (Wildman–Crippen LogP) is 1.12. The summed E-state index contributed by atoms with van der Waals surface area (Å²) in [6.45, 7) is 5.31. The molecule has 0 unspecified atom stereocenters. The molecule has 0 aliphatic carbocycles. The fraction of sp³-hybridized carbons (Fsp3) is 0.714. The number of allylic oxidation sites excluding steroid dienone is 1. The molecule has 0 rings (SSSR count). The Bertz CT molecular complexity index is 243. The summed E-state index contributed by atoms with van der Waals surface area (Å²) in [6.07, 6.45) is 1.19. The minimum Gasteiger partial charge on any atom is -0.193 e. The van der Waals surface area contributed by atoms with E-state index in [0.29, 0.717) is 6.42 Å². The molecule has 0 aromatic rings. The summed E-state index contributed by atoms with van der Waals surface area (Å²) in [5.41, 5.74) is 0. The molecule has 4 nitrogen and oxygen atoms in total. The molecule has 0 fully saturated rings. The van der Waals surface area contributed by atoms with E-state index in [1.807, 2.05) is 6.92 Å². The van der Waals surface area contributed by atoms with Crippen molar-refractivity contribution < 1.29 is 12.7 Å². The Balaban J connectivity index is 4.31. The van der Waals surface area contributed by atoms with Crippen molar-refractivity contribution in [1.82, 2.24) is 5.06 Å². The van der Waals surface area contributed by atoms with Crippen molar-refractivity contribution in [1.29, 1.82) is 0 Å². The minimum absolute atomic E-state index is 0.124. The molecule has 72 valence electrons. The highest BCUT2D eigenvalue weighted by Gasteiger charge is 2.16. The third-order valence-corrected chi connectivity index (χ3v) is 2.54. The smallest absolute Gasteiger partial charge is 0.193 e. The monoisotopic (exact) mass is 193 g/mol. The van der Waals surface area contributed by atoms with Crippen molar-refractivity contribution >= 4 is 10.1 Å². The molecule has 0 saturated heterocycles. The Labute approximate surface area is 73.9 Å². The second-order valence-electron chi connectivity index (χ2n) is 2.63.